The number of nitrogens with zero attached hydrogens (tertiary/aromatic N) is 2. The van der Waals surface area contributed by atoms with Crippen LogP contribution in [0.5, 0.6) is 0 Å². The minimum atomic E-state index is -0.346. The molecule has 1 aliphatic heterocycles. The quantitative estimate of drug-likeness (QED) is 0.487. The van der Waals surface area contributed by atoms with Crippen LogP contribution in [-0.4, -0.2) is 47.8 Å². The number of morpholine rings is 1. The van der Waals surface area contributed by atoms with E-state index in [2.05, 4.69) is 10.5 Å². The number of carbonyl (C=O) groups excluding carboxylic acids is 1. The molecule has 1 aliphatic rings. The van der Waals surface area contributed by atoms with E-state index in [0.29, 0.717) is 42.0 Å². The number of halogens is 2. The number of nitrogens with one attached hydrogen (secondary N) is 1. The first-order chi connectivity index (χ1) is 10.5. The number of benzene rings is 1. The number of carbonyl (C=O) groups is 1. The van der Waals surface area contributed by atoms with E-state index in [-0.39, 0.29) is 16.6 Å². The van der Waals surface area contributed by atoms with E-state index in [1.54, 1.807) is 23.1 Å². The van der Waals surface area contributed by atoms with E-state index < -0.39 is 0 Å². The average Bonchev–Trinajstić information content (AvgIpc) is 2.52. The number of hydrogen-bond acceptors (Lipinski definition) is 5. The van der Waals surface area contributed by atoms with Crippen molar-refractivity contribution in [2.45, 2.75) is 0 Å². The highest BCUT2D eigenvalue weighted by Crippen LogP contribution is 2.29. The molecule has 6 nitrogen and oxygen atoms in total. The fourth-order valence-corrected chi connectivity index (χ4v) is 2.31. The number of amides is 1. The zero-order chi connectivity index (χ0) is 16.1. The Hall–Kier alpha value is -1.41. The van der Waals surface area contributed by atoms with Gasteiger partial charge in [-0.1, -0.05) is 41.5 Å². The van der Waals surface area contributed by atoms with Gasteiger partial charge in [-0.25, -0.2) is 0 Å². The minimum Gasteiger partial charge on any atom is -0.388 e. The lowest BCUT2D eigenvalue weighted by atomic mass is 10.3. The summed E-state index contributed by atoms with van der Waals surface area (Å²) in [4.78, 5) is 13.9. The molecule has 0 unspecified atom stereocenters. The highest BCUT2D eigenvalue weighted by Gasteiger charge is 2.24. The van der Waals surface area contributed by atoms with E-state index >= 15 is 0 Å². The van der Waals surface area contributed by atoms with Gasteiger partial charge in [-0.15, -0.1) is 0 Å². The molecule has 1 aromatic rings. The third kappa shape index (κ3) is 4.07. The first-order valence-corrected chi connectivity index (χ1v) is 7.61. The summed E-state index contributed by atoms with van der Waals surface area (Å²) in [6.07, 6.45) is 0. The van der Waals surface area contributed by atoms with Gasteiger partial charge in [-0.3, -0.25) is 10.2 Å². The number of ether oxygens (including phenoxy) is 1. The van der Waals surface area contributed by atoms with Crippen molar-refractivity contribution in [2.24, 2.45) is 10.8 Å². The van der Waals surface area contributed by atoms with Gasteiger partial charge in [-0.2, -0.15) is 5.10 Å². The predicted octanol–water partition coefficient (Wildman–Crippen LogP) is 1.91. The molecule has 0 aromatic heterocycles. The van der Waals surface area contributed by atoms with Crippen molar-refractivity contribution in [3.05, 3.63) is 28.2 Å². The molecule has 9 heteroatoms. The number of thiocarbonyl (C=S) groups is 1. The standard InChI is InChI=1S/C13H14Cl2N4O2S/c14-8-2-1-3-9(10(8)15)17-18-11(12(16)22)13(20)19-4-6-21-7-5-19/h1-3,17H,4-7H2,(H2,16,22)/b18-11-. The van der Waals surface area contributed by atoms with Crippen LogP contribution in [0.15, 0.2) is 23.3 Å². The molecule has 1 heterocycles. The lowest BCUT2D eigenvalue weighted by Crippen LogP contribution is -2.47. The number of anilines is 1. The fraction of sp³-hybridized carbons (Fsp3) is 0.308. The van der Waals surface area contributed by atoms with Crippen LogP contribution in [0, 0.1) is 0 Å². The first kappa shape index (κ1) is 17.0. The molecule has 1 fully saturated rings. The summed E-state index contributed by atoms with van der Waals surface area (Å²) in [5.41, 5.74) is 8.70. The smallest absolute Gasteiger partial charge is 0.277 e. The van der Waals surface area contributed by atoms with Gasteiger partial charge in [0, 0.05) is 13.1 Å². The van der Waals surface area contributed by atoms with Crippen molar-refractivity contribution < 1.29 is 9.53 Å². The van der Waals surface area contributed by atoms with Gasteiger partial charge >= 0.3 is 0 Å². The molecule has 1 aromatic carbocycles. The van der Waals surface area contributed by atoms with Crippen LogP contribution in [0.4, 0.5) is 5.69 Å². The molecule has 0 bridgehead atoms. The van der Waals surface area contributed by atoms with Crippen molar-refractivity contribution in [3.63, 3.8) is 0 Å². The second-order valence-corrected chi connectivity index (χ2v) is 5.67. The van der Waals surface area contributed by atoms with Crippen molar-refractivity contribution in [1.82, 2.24) is 4.90 Å². The lowest BCUT2D eigenvalue weighted by molar-refractivity contribution is -0.127. The molecule has 0 saturated carbocycles. The average molecular weight is 361 g/mol. The molecular weight excluding hydrogens is 347 g/mol. The van der Waals surface area contributed by atoms with Crippen LogP contribution in [0.3, 0.4) is 0 Å². The number of nitrogens with two attached hydrogens (primary N) is 1. The molecule has 1 saturated heterocycles. The summed E-state index contributed by atoms with van der Waals surface area (Å²) in [5.74, 6) is -0.346. The van der Waals surface area contributed by atoms with Crippen LogP contribution in [0.1, 0.15) is 0 Å². The van der Waals surface area contributed by atoms with Crippen LogP contribution in [-0.2, 0) is 9.53 Å². The highest BCUT2D eigenvalue weighted by molar-refractivity contribution is 7.82. The van der Waals surface area contributed by atoms with Gasteiger partial charge in [0.25, 0.3) is 5.91 Å². The normalized spacial score (nSPS) is 15.5. The molecule has 0 aliphatic carbocycles. The zero-order valence-corrected chi connectivity index (χ0v) is 13.8. The molecule has 118 valence electrons. The Kier molecular flexibility index (Phi) is 5.96. The molecular formula is C13H14Cl2N4O2S. The number of rotatable bonds is 4. The molecule has 22 heavy (non-hydrogen) atoms. The topological polar surface area (TPSA) is 79.9 Å². The van der Waals surface area contributed by atoms with Gasteiger partial charge < -0.3 is 15.4 Å². The molecule has 3 N–H and O–H groups in total. The summed E-state index contributed by atoms with van der Waals surface area (Å²) in [5, 5.41) is 4.67. The Morgan fingerprint density at radius 1 is 1.36 bits per heavy atom. The lowest BCUT2D eigenvalue weighted by Gasteiger charge is -2.26. The van der Waals surface area contributed by atoms with E-state index in [1.807, 2.05) is 0 Å². The number of hydrazone groups is 1. The third-order valence-electron chi connectivity index (χ3n) is 2.97. The zero-order valence-electron chi connectivity index (χ0n) is 11.5. The van der Waals surface area contributed by atoms with Crippen LogP contribution < -0.4 is 11.2 Å². The maximum atomic E-state index is 12.4. The first-order valence-electron chi connectivity index (χ1n) is 6.45. The van der Waals surface area contributed by atoms with Gasteiger partial charge in [0.2, 0.25) is 0 Å². The fourth-order valence-electron chi connectivity index (χ4n) is 1.83. The van der Waals surface area contributed by atoms with Crippen LogP contribution in [0.2, 0.25) is 10.0 Å². The molecule has 1 amide bonds. The van der Waals surface area contributed by atoms with Crippen LogP contribution in [0.25, 0.3) is 0 Å². The largest absolute Gasteiger partial charge is 0.388 e. The van der Waals surface area contributed by atoms with Crippen molar-refractivity contribution in [3.8, 4) is 0 Å². The summed E-state index contributed by atoms with van der Waals surface area (Å²) in [7, 11) is 0. The van der Waals surface area contributed by atoms with Crippen LogP contribution >= 0.6 is 35.4 Å². The van der Waals surface area contributed by atoms with Gasteiger partial charge in [-0.05, 0) is 12.1 Å². The molecule has 0 spiro atoms. The minimum absolute atomic E-state index is 0.0343. The maximum absolute atomic E-state index is 12.4. The second-order valence-electron chi connectivity index (χ2n) is 4.44. The highest BCUT2D eigenvalue weighted by atomic mass is 35.5. The van der Waals surface area contributed by atoms with Crippen molar-refractivity contribution in [2.75, 3.05) is 31.7 Å². The number of hydrogen-bond donors (Lipinski definition) is 2. The van der Waals surface area contributed by atoms with Crippen molar-refractivity contribution >= 4 is 57.7 Å². The van der Waals surface area contributed by atoms with Gasteiger partial charge in [0.1, 0.15) is 4.99 Å². The maximum Gasteiger partial charge on any atom is 0.277 e. The summed E-state index contributed by atoms with van der Waals surface area (Å²) in [6, 6.07) is 5.02. The molecule has 0 radical (unpaired) electrons. The van der Waals surface area contributed by atoms with E-state index in [4.69, 9.17) is 45.9 Å². The SMILES string of the molecule is NC(=S)/C(=N/Nc1cccc(Cl)c1Cl)C(=O)N1CCOCC1. The second kappa shape index (κ2) is 7.73. The summed E-state index contributed by atoms with van der Waals surface area (Å²) in [6.45, 7) is 1.89. The Labute approximate surface area is 143 Å². The summed E-state index contributed by atoms with van der Waals surface area (Å²) < 4.78 is 5.20. The Balaban J connectivity index is 2.18. The van der Waals surface area contributed by atoms with Gasteiger partial charge in [0.05, 0.1) is 28.9 Å². The van der Waals surface area contributed by atoms with Gasteiger partial charge in [0.15, 0.2) is 5.71 Å². The Morgan fingerprint density at radius 3 is 2.68 bits per heavy atom. The van der Waals surface area contributed by atoms with Crippen molar-refractivity contribution in [1.29, 1.82) is 0 Å². The predicted molar refractivity (Wildman–Crippen MR) is 91.7 cm³/mol. The Bertz CT molecular complexity index is 618. The summed E-state index contributed by atoms with van der Waals surface area (Å²) >= 11 is 16.9. The van der Waals surface area contributed by atoms with E-state index in [0.717, 1.165) is 0 Å². The van der Waals surface area contributed by atoms with E-state index in [9.17, 15) is 4.79 Å². The Morgan fingerprint density at radius 2 is 2.05 bits per heavy atom. The van der Waals surface area contributed by atoms with E-state index in [1.165, 1.54) is 0 Å². The third-order valence-corrected chi connectivity index (χ3v) is 3.99. The molecule has 0 atom stereocenters. The monoisotopic (exact) mass is 360 g/mol. The molecule has 2 rings (SSSR count).